The summed E-state index contributed by atoms with van der Waals surface area (Å²) in [6, 6.07) is 0. The molecule has 14 heavy (non-hydrogen) atoms. The van der Waals surface area contributed by atoms with Gasteiger partial charge < -0.3 is 0 Å². The average molecular weight is 314 g/mol. The van der Waals surface area contributed by atoms with Crippen molar-refractivity contribution in [2.75, 3.05) is 6.67 Å². The number of alkyl halides is 6. The Labute approximate surface area is 87.3 Å². The van der Waals surface area contributed by atoms with Gasteiger partial charge in [0, 0.05) is 20.4 Å². The monoisotopic (exact) mass is 314 g/mol. The SMILES string of the molecule is O=C(CF)C(F)(F)C(=O)C(F)(F)F.[Pd]. The number of carbonyl (C=O) groups is 2. The molecular weight excluding hydrogens is 312 g/mol. The van der Waals surface area contributed by atoms with Crippen molar-refractivity contribution in [3.8, 4) is 0 Å². The Hall–Kier alpha value is -0.418. The van der Waals surface area contributed by atoms with Crippen molar-refractivity contribution in [3.63, 3.8) is 0 Å². The zero-order valence-electron chi connectivity index (χ0n) is 6.11. The largest absolute Gasteiger partial charge is 0.456 e. The Morgan fingerprint density at radius 3 is 1.57 bits per heavy atom. The first-order valence-electron chi connectivity index (χ1n) is 2.72. The first-order valence-corrected chi connectivity index (χ1v) is 2.72. The Morgan fingerprint density at radius 1 is 1.00 bits per heavy atom. The van der Waals surface area contributed by atoms with Gasteiger partial charge in [0.15, 0.2) is 6.67 Å². The van der Waals surface area contributed by atoms with Gasteiger partial charge in [-0.25, -0.2) is 4.39 Å². The fraction of sp³-hybridized carbons (Fsp3) is 0.600. The number of ketones is 2. The van der Waals surface area contributed by atoms with Crippen LogP contribution in [0.15, 0.2) is 0 Å². The van der Waals surface area contributed by atoms with E-state index in [1.807, 2.05) is 0 Å². The number of halogens is 6. The van der Waals surface area contributed by atoms with Gasteiger partial charge in [0.05, 0.1) is 0 Å². The van der Waals surface area contributed by atoms with E-state index >= 15 is 0 Å². The van der Waals surface area contributed by atoms with Gasteiger partial charge in [0.25, 0.3) is 0 Å². The third-order valence-electron chi connectivity index (χ3n) is 1.01. The maximum atomic E-state index is 12.0. The molecule has 0 heterocycles. The summed E-state index contributed by atoms with van der Waals surface area (Å²) in [6.07, 6.45) is -5.85. The van der Waals surface area contributed by atoms with E-state index in [0.29, 0.717) is 0 Å². The molecular formula is C5H2F6O2Pd. The van der Waals surface area contributed by atoms with E-state index in [0.717, 1.165) is 0 Å². The van der Waals surface area contributed by atoms with Gasteiger partial charge >= 0.3 is 17.9 Å². The van der Waals surface area contributed by atoms with Gasteiger partial charge in [-0.05, 0) is 0 Å². The van der Waals surface area contributed by atoms with Gasteiger partial charge in [-0.2, -0.15) is 22.0 Å². The molecule has 0 amide bonds. The summed E-state index contributed by atoms with van der Waals surface area (Å²) in [6.45, 7) is -2.32. The van der Waals surface area contributed by atoms with Crippen molar-refractivity contribution >= 4 is 11.6 Å². The van der Waals surface area contributed by atoms with Gasteiger partial charge in [-0.1, -0.05) is 0 Å². The summed E-state index contributed by atoms with van der Waals surface area (Å²) >= 11 is 0. The normalized spacial score (nSPS) is 11.9. The molecule has 0 saturated carbocycles. The summed E-state index contributed by atoms with van der Waals surface area (Å²) in [7, 11) is 0. The van der Waals surface area contributed by atoms with Crippen LogP contribution in [0.5, 0.6) is 0 Å². The third-order valence-corrected chi connectivity index (χ3v) is 1.01. The number of Topliss-reactive ketones (excluding diaryl/α,β-unsaturated/α-hetero) is 2. The molecule has 9 heteroatoms. The second-order valence-electron chi connectivity index (χ2n) is 1.96. The minimum atomic E-state index is -5.85. The first-order chi connectivity index (χ1) is 5.64. The molecule has 0 aromatic rings. The minimum Gasteiger partial charge on any atom is -0.289 e. The third kappa shape index (κ3) is 3.38. The topological polar surface area (TPSA) is 34.1 Å². The van der Waals surface area contributed by atoms with Crippen LogP contribution < -0.4 is 0 Å². The Bertz CT molecular complexity index is 235. The molecule has 0 radical (unpaired) electrons. The standard InChI is InChI=1S/C5H2F6O2.Pd/c6-1-2(12)4(7,8)3(13)5(9,10)11;/h1H2;. The van der Waals surface area contributed by atoms with Crippen molar-refractivity contribution in [1.29, 1.82) is 0 Å². The molecule has 0 bridgehead atoms. The van der Waals surface area contributed by atoms with Gasteiger partial charge in [-0.3, -0.25) is 9.59 Å². The van der Waals surface area contributed by atoms with E-state index in [1.165, 1.54) is 0 Å². The van der Waals surface area contributed by atoms with Crippen molar-refractivity contribution < 1.29 is 56.4 Å². The van der Waals surface area contributed by atoms with E-state index in [2.05, 4.69) is 0 Å². The first kappa shape index (κ1) is 16.0. The van der Waals surface area contributed by atoms with Crippen LogP contribution in [-0.4, -0.2) is 30.3 Å². The summed E-state index contributed by atoms with van der Waals surface area (Å²) in [5.74, 6) is -11.6. The van der Waals surface area contributed by atoms with E-state index in [9.17, 15) is 35.9 Å². The van der Waals surface area contributed by atoms with Gasteiger partial charge in [0.1, 0.15) is 0 Å². The quantitative estimate of drug-likeness (QED) is 0.447. The molecule has 2 nitrogen and oxygen atoms in total. The van der Waals surface area contributed by atoms with Crippen molar-refractivity contribution in [1.82, 2.24) is 0 Å². The van der Waals surface area contributed by atoms with Crippen molar-refractivity contribution in [2.45, 2.75) is 12.1 Å². The van der Waals surface area contributed by atoms with Crippen LogP contribution in [0.25, 0.3) is 0 Å². The molecule has 0 unspecified atom stereocenters. The number of hydrogen-bond acceptors (Lipinski definition) is 2. The fourth-order valence-electron chi connectivity index (χ4n) is 0.389. The van der Waals surface area contributed by atoms with Crippen LogP contribution in [0.4, 0.5) is 26.3 Å². The maximum absolute atomic E-state index is 12.0. The molecule has 0 saturated heterocycles. The smallest absolute Gasteiger partial charge is 0.289 e. The van der Waals surface area contributed by atoms with Crippen LogP contribution in [0, 0.1) is 0 Å². The van der Waals surface area contributed by atoms with Crippen LogP contribution in [-0.2, 0) is 30.0 Å². The Balaban J connectivity index is 0. The van der Waals surface area contributed by atoms with E-state index in [1.54, 1.807) is 0 Å². The zero-order chi connectivity index (χ0) is 10.9. The minimum absolute atomic E-state index is 0. The molecule has 0 N–H and O–H groups in total. The molecule has 0 fully saturated rings. The van der Waals surface area contributed by atoms with Gasteiger partial charge in [-0.15, -0.1) is 0 Å². The Morgan fingerprint density at radius 2 is 1.36 bits per heavy atom. The van der Waals surface area contributed by atoms with Crippen LogP contribution >= 0.6 is 0 Å². The molecule has 86 valence electrons. The predicted molar refractivity (Wildman–Crippen MR) is 27.0 cm³/mol. The molecule has 0 rings (SSSR count). The van der Waals surface area contributed by atoms with Crippen molar-refractivity contribution in [2.24, 2.45) is 0 Å². The molecule has 0 aromatic carbocycles. The van der Waals surface area contributed by atoms with E-state index in [4.69, 9.17) is 0 Å². The molecule has 0 aliphatic rings. The van der Waals surface area contributed by atoms with E-state index < -0.39 is 30.3 Å². The summed E-state index contributed by atoms with van der Waals surface area (Å²) in [5.41, 5.74) is 0. The molecule has 0 atom stereocenters. The maximum Gasteiger partial charge on any atom is 0.456 e. The van der Waals surface area contributed by atoms with Crippen molar-refractivity contribution in [3.05, 3.63) is 0 Å². The second-order valence-corrected chi connectivity index (χ2v) is 1.96. The van der Waals surface area contributed by atoms with Crippen LogP contribution in [0.1, 0.15) is 0 Å². The van der Waals surface area contributed by atoms with Crippen LogP contribution in [0.3, 0.4) is 0 Å². The number of carbonyl (C=O) groups excluding carboxylic acids is 2. The second kappa shape index (κ2) is 4.89. The molecule has 0 aliphatic carbocycles. The van der Waals surface area contributed by atoms with Crippen LogP contribution in [0.2, 0.25) is 0 Å². The van der Waals surface area contributed by atoms with E-state index in [-0.39, 0.29) is 20.4 Å². The predicted octanol–water partition coefficient (Wildman–Crippen LogP) is 1.29. The molecule has 0 aromatic heterocycles. The summed E-state index contributed by atoms with van der Waals surface area (Å²) in [5, 5.41) is 0. The zero-order valence-corrected chi connectivity index (χ0v) is 7.66. The summed E-state index contributed by atoms with van der Waals surface area (Å²) in [4.78, 5) is 19.7. The molecule has 0 spiro atoms. The van der Waals surface area contributed by atoms with Gasteiger partial charge in [0.2, 0.25) is 5.78 Å². The summed E-state index contributed by atoms with van der Waals surface area (Å²) < 4.78 is 69.4. The number of hydrogen-bond donors (Lipinski definition) is 0. The average Bonchev–Trinajstić information content (AvgIpc) is 1.99. The Kier molecular flexibility index (Phi) is 5.60. The number of rotatable bonds is 3. The fourth-order valence-corrected chi connectivity index (χ4v) is 0.389. The molecule has 0 aliphatic heterocycles.